The second-order valence-electron chi connectivity index (χ2n) is 8.17. The van der Waals surface area contributed by atoms with E-state index in [0.717, 1.165) is 29.1 Å². The van der Waals surface area contributed by atoms with Crippen molar-refractivity contribution in [2.24, 2.45) is 0 Å². The second-order valence-corrected chi connectivity index (χ2v) is 9.12. The Balaban J connectivity index is 1.43. The number of thiazole rings is 1. The van der Waals surface area contributed by atoms with E-state index in [9.17, 15) is 14.4 Å². The van der Waals surface area contributed by atoms with Crippen molar-refractivity contribution in [3.63, 3.8) is 0 Å². The average molecular weight is 478 g/mol. The summed E-state index contributed by atoms with van der Waals surface area (Å²) < 4.78 is 11.0. The average Bonchev–Trinajstić information content (AvgIpc) is 3.31. The molecule has 1 aromatic heterocycles. The van der Waals surface area contributed by atoms with Gasteiger partial charge in [0.2, 0.25) is 0 Å². The Morgan fingerprint density at radius 1 is 1.03 bits per heavy atom. The van der Waals surface area contributed by atoms with Crippen molar-refractivity contribution in [3.05, 3.63) is 52.3 Å². The second kappa shape index (κ2) is 8.90. The van der Waals surface area contributed by atoms with E-state index in [1.54, 1.807) is 36.6 Å². The molecule has 0 unspecified atom stereocenters. The summed E-state index contributed by atoms with van der Waals surface area (Å²) in [6.07, 6.45) is 1.94. The smallest absolute Gasteiger partial charge is 0.265 e. The highest BCUT2D eigenvalue weighted by atomic mass is 32.1. The van der Waals surface area contributed by atoms with E-state index in [0.29, 0.717) is 28.4 Å². The number of carbonyl (C=O) groups excluding carboxylic acids is 3. The predicted octanol–water partition coefficient (Wildman–Crippen LogP) is 3.73. The zero-order valence-electron chi connectivity index (χ0n) is 18.9. The highest BCUT2D eigenvalue weighted by Gasteiger charge is 2.29. The van der Waals surface area contributed by atoms with Crippen molar-refractivity contribution in [2.45, 2.75) is 19.8 Å². The summed E-state index contributed by atoms with van der Waals surface area (Å²) in [5.41, 5.74) is 3.16. The first-order valence-electron chi connectivity index (χ1n) is 11.0. The number of hydrogen-bond donors (Lipinski definition) is 0. The maximum absolute atomic E-state index is 13.2. The van der Waals surface area contributed by atoms with Crippen LogP contribution in [0, 0.1) is 0 Å². The molecule has 0 radical (unpaired) electrons. The number of aromatic nitrogens is 1. The van der Waals surface area contributed by atoms with Crippen LogP contribution in [0.4, 0.5) is 11.4 Å². The van der Waals surface area contributed by atoms with Crippen molar-refractivity contribution in [1.29, 1.82) is 0 Å². The van der Waals surface area contributed by atoms with Gasteiger partial charge in [0, 0.05) is 23.6 Å². The fraction of sp³-hybridized carbons (Fsp3) is 0.280. The molecule has 0 aliphatic carbocycles. The fourth-order valence-electron chi connectivity index (χ4n) is 3.99. The van der Waals surface area contributed by atoms with Crippen LogP contribution in [0.3, 0.4) is 0 Å². The van der Waals surface area contributed by atoms with Crippen molar-refractivity contribution in [3.8, 4) is 22.8 Å². The molecule has 34 heavy (non-hydrogen) atoms. The Morgan fingerprint density at radius 3 is 2.56 bits per heavy atom. The molecule has 5 rings (SSSR count). The number of rotatable bonds is 6. The van der Waals surface area contributed by atoms with Crippen LogP contribution in [0.1, 0.15) is 28.7 Å². The standard InChI is InChI=1S/C25H23N3O5S/c1-3-4-23-26-17(14-34-23)15-5-7-22-19(9-15)28(25(31)13-33-22)11-20(29)16-6-8-21-18(10-16)27(2)24(30)12-32-21/h5-10,14H,3-4,11-13H2,1-2H3. The van der Waals surface area contributed by atoms with Crippen LogP contribution in [0.2, 0.25) is 0 Å². The molecule has 8 nitrogen and oxygen atoms in total. The minimum absolute atomic E-state index is 0.0306. The SMILES string of the molecule is CCCc1nc(-c2ccc3c(c2)N(CC(=O)c2ccc4c(c2)N(C)C(=O)CO4)C(=O)CO3)cs1. The first kappa shape index (κ1) is 22.1. The maximum atomic E-state index is 13.2. The molecule has 2 aliphatic heterocycles. The lowest BCUT2D eigenvalue weighted by molar-refractivity contribution is -0.121. The van der Waals surface area contributed by atoms with Gasteiger partial charge in [-0.25, -0.2) is 4.98 Å². The predicted molar refractivity (Wildman–Crippen MR) is 129 cm³/mol. The summed E-state index contributed by atoms with van der Waals surface area (Å²) in [7, 11) is 1.64. The third-order valence-electron chi connectivity index (χ3n) is 5.88. The molecular weight excluding hydrogens is 454 g/mol. The topological polar surface area (TPSA) is 89.0 Å². The number of carbonyl (C=O) groups is 3. The Kier molecular flexibility index (Phi) is 5.79. The summed E-state index contributed by atoms with van der Waals surface area (Å²) in [6, 6.07) is 10.5. The monoisotopic (exact) mass is 477 g/mol. The van der Waals surface area contributed by atoms with Gasteiger partial charge in [-0.1, -0.05) is 6.92 Å². The molecule has 0 N–H and O–H groups in total. The third kappa shape index (κ3) is 4.03. The number of aryl methyl sites for hydroxylation is 1. The number of ether oxygens (including phenoxy) is 2. The lowest BCUT2D eigenvalue weighted by Gasteiger charge is -2.29. The quantitative estimate of drug-likeness (QED) is 0.503. The van der Waals surface area contributed by atoms with E-state index >= 15 is 0 Å². The lowest BCUT2D eigenvalue weighted by atomic mass is 10.1. The summed E-state index contributed by atoms with van der Waals surface area (Å²) in [4.78, 5) is 45.5. The van der Waals surface area contributed by atoms with Crippen LogP contribution in [-0.2, 0) is 16.0 Å². The van der Waals surface area contributed by atoms with E-state index in [2.05, 4.69) is 11.9 Å². The number of nitrogens with zero attached hydrogens (tertiary/aromatic N) is 3. The van der Waals surface area contributed by atoms with Gasteiger partial charge in [-0.15, -0.1) is 11.3 Å². The fourth-order valence-corrected chi connectivity index (χ4v) is 4.90. The van der Waals surface area contributed by atoms with Crippen LogP contribution in [0.15, 0.2) is 41.8 Å². The highest BCUT2D eigenvalue weighted by molar-refractivity contribution is 7.09. The molecule has 0 saturated carbocycles. The van der Waals surface area contributed by atoms with Crippen LogP contribution >= 0.6 is 11.3 Å². The van der Waals surface area contributed by atoms with E-state index in [1.807, 2.05) is 23.6 Å². The first-order chi connectivity index (χ1) is 16.4. The van der Waals surface area contributed by atoms with Gasteiger partial charge in [0.25, 0.3) is 11.8 Å². The number of benzene rings is 2. The molecule has 0 saturated heterocycles. The van der Waals surface area contributed by atoms with Crippen molar-refractivity contribution in [1.82, 2.24) is 4.98 Å². The van der Waals surface area contributed by atoms with Gasteiger partial charge in [-0.05, 0) is 49.2 Å². The Hall–Kier alpha value is -3.72. The number of Topliss-reactive ketones (excluding diaryl/α,β-unsaturated/α-hetero) is 1. The number of ketones is 1. The van der Waals surface area contributed by atoms with Crippen molar-refractivity contribution < 1.29 is 23.9 Å². The summed E-state index contributed by atoms with van der Waals surface area (Å²) in [6.45, 7) is 1.81. The maximum Gasteiger partial charge on any atom is 0.265 e. The largest absolute Gasteiger partial charge is 0.482 e. The zero-order chi connectivity index (χ0) is 23.8. The molecular formula is C25H23N3O5S. The zero-order valence-corrected chi connectivity index (χ0v) is 19.7. The van der Waals surface area contributed by atoms with Gasteiger partial charge in [-0.2, -0.15) is 0 Å². The minimum Gasteiger partial charge on any atom is -0.482 e. The molecule has 174 valence electrons. The van der Waals surface area contributed by atoms with E-state index in [1.165, 1.54) is 9.80 Å². The third-order valence-corrected chi connectivity index (χ3v) is 6.79. The number of anilines is 2. The number of amides is 2. The minimum atomic E-state index is -0.295. The first-order valence-corrected chi connectivity index (χ1v) is 11.9. The molecule has 3 heterocycles. The molecule has 0 spiro atoms. The summed E-state index contributed by atoms with van der Waals surface area (Å²) in [5.74, 6) is 0.355. The molecule has 2 aliphatic rings. The van der Waals surface area contributed by atoms with Crippen LogP contribution < -0.4 is 19.3 Å². The van der Waals surface area contributed by atoms with Crippen molar-refractivity contribution >= 4 is 40.3 Å². The molecule has 0 bridgehead atoms. The number of fused-ring (bicyclic) bond motifs is 2. The van der Waals surface area contributed by atoms with Gasteiger partial charge in [0.15, 0.2) is 19.0 Å². The molecule has 2 aromatic carbocycles. The number of likely N-dealkylation sites (N-methyl/N-ethyl adjacent to an activating group) is 1. The highest BCUT2D eigenvalue weighted by Crippen LogP contribution is 2.37. The van der Waals surface area contributed by atoms with Gasteiger partial charge in [0.05, 0.1) is 28.6 Å². The van der Waals surface area contributed by atoms with E-state index in [-0.39, 0.29) is 37.4 Å². The van der Waals surface area contributed by atoms with Crippen LogP contribution in [-0.4, -0.2) is 49.4 Å². The van der Waals surface area contributed by atoms with Gasteiger partial charge < -0.3 is 14.4 Å². The Bertz CT molecular complexity index is 1300. The molecule has 0 atom stereocenters. The lowest BCUT2D eigenvalue weighted by Crippen LogP contribution is -2.42. The van der Waals surface area contributed by atoms with Crippen LogP contribution in [0.5, 0.6) is 11.5 Å². The molecule has 2 amide bonds. The summed E-state index contributed by atoms with van der Waals surface area (Å²) >= 11 is 1.61. The number of hydrogen-bond acceptors (Lipinski definition) is 7. The summed E-state index contributed by atoms with van der Waals surface area (Å²) in [5, 5.41) is 3.06. The van der Waals surface area contributed by atoms with Gasteiger partial charge in [-0.3, -0.25) is 19.3 Å². The molecule has 9 heteroatoms. The van der Waals surface area contributed by atoms with Gasteiger partial charge >= 0.3 is 0 Å². The van der Waals surface area contributed by atoms with Gasteiger partial charge in [0.1, 0.15) is 11.5 Å². The Labute approximate surface area is 200 Å². The van der Waals surface area contributed by atoms with Crippen LogP contribution in [0.25, 0.3) is 11.3 Å². The van der Waals surface area contributed by atoms with Crippen molar-refractivity contribution in [2.75, 3.05) is 36.6 Å². The normalized spacial score (nSPS) is 14.9. The molecule has 3 aromatic rings. The van der Waals surface area contributed by atoms with E-state index in [4.69, 9.17) is 9.47 Å². The molecule has 0 fully saturated rings. The van der Waals surface area contributed by atoms with E-state index < -0.39 is 0 Å². The Morgan fingerprint density at radius 2 is 1.76 bits per heavy atom.